The Morgan fingerprint density at radius 3 is 3.00 bits per heavy atom. The molecule has 0 radical (unpaired) electrons. The van der Waals surface area contributed by atoms with Crippen molar-refractivity contribution in [2.24, 2.45) is 0 Å². The first-order valence-electron chi connectivity index (χ1n) is 6.65. The molecule has 0 saturated carbocycles. The second kappa shape index (κ2) is 5.68. The molecule has 1 fully saturated rings. The minimum absolute atomic E-state index is 0.222. The summed E-state index contributed by atoms with van der Waals surface area (Å²) in [6.45, 7) is 1.59. The van der Waals surface area contributed by atoms with Gasteiger partial charge in [-0.1, -0.05) is 11.6 Å². The molecule has 0 unspecified atom stereocenters. The summed E-state index contributed by atoms with van der Waals surface area (Å²) in [5, 5.41) is 0.354. The van der Waals surface area contributed by atoms with Gasteiger partial charge in [-0.05, 0) is 30.5 Å². The van der Waals surface area contributed by atoms with E-state index in [0.717, 1.165) is 18.4 Å². The molecule has 108 valence electrons. The molecule has 1 aromatic rings. The normalized spacial score (nSPS) is 22.5. The van der Waals surface area contributed by atoms with Gasteiger partial charge in [0.15, 0.2) is 6.10 Å². The summed E-state index contributed by atoms with van der Waals surface area (Å²) in [7, 11) is 0. The van der Waals surface area contributed by atoms with Crippen molar-refractivity contribution in [2.45, 2.75) is 18.9 Å². The summed E-state index contributed by atoms with van der Waals surface area (Å²) in [4.78, 5) is 13.9. The highest BCUT2D eigenvalue weighted by Gasteiger charge is 2.32. The fraction of sp³-hybridized carbons (Fsp3) is 0.500. The second-order valence-electron chi connectivity index (χ2n) is 4.92. The van der Waals surface area contributed by atoms with Crippen LogP contribution in [0.1, 0.15) is 12.0 Å². The molecule has 3 rings (SSSR count). The molecular formula is C14H15ClFNO3. The number of hydrogen-bond acceptors (Lipinski definition) is 3. The maximum Gasteiger partial charge on any atom is 0.258 e. The molecular weight excluding hydrogens is 285 g/mol. The van der Waals surface area contributed by atoms with Crippen LogP contribution in [0.2, 0.25) is 5.02 Å². The SMILES string of the molecule is O=C([C@@H]1COCCO1)N1CCCc2cc(Cl)cc(F)c21. The monoisotopic (exact) mass is 299 g/mol. The first-order chi connectivity index (χ1) is 9.66. The van der Waals surface area contributed by atoms with Crippen LogP contribution in [0.15, 0.2) is 12.1 Å². The number of carbonyl (C=O) groups excluding carboxylic acids is 1. The van der Waals surface area contributed by atoms with Crippen molar-refractivity contribution in [1.82, 2.24) is 0 Å². The topological polar surface area (TPSA) is 38.8 Å². The van der Waals surface area contributed by atoms with Crippen LogP contribution in [-0.2, 0) is 20.7 Å². The highest BCUT2D eigenvalue weighted by atomic mass is 35.5. The van der Waals surface area contributed by atoms with Crippen LogP contribution in [0, 0.1) is 5.82 Å². The van der Waals surface area contributed by atoms with Crippen LogP contribution in [0.25, 0.3) is 0 Å². The molecule has 4 nitrogen and oxygen atoms in total. The van der Waals surface area contributed by atoms with E-state index in [1.54, 1.807) is 6.07 Å². The molecule has 0 aromatic heterocycles. The van der Waals surface area contributed by atoms with Crippen molar-refractivity contribution in [3.63, 3.8) is 0 Å². The van der Waals surface area contributed by atoms with Gasteiger partial charge in [-0.2, -0.15) is 0 Å². The number of amides is 1. The van der Waals surface area contributed by atoms with Gasteiger partial charge in [0.2, 0.25) is 0 Å². The fourth-order valence-electron chi connectivity index (χ4n) is 2.68. The van der Waals surface area contributed by atoms with E-state index in [1.165, 1.54) is 11.0 Å². The third-order valence-corrected chi connectivity index (χ3v) is 3.78. The Kier molecular flexibility index (Phi) is 3.92. The highest BCUT2D eigenvalue weighted by molar-refractivity contribution is 6.30. The molecule has 2 heterocycles. The van der Waals surface area contributed by atoms with Gasteiger partial charge in [0, 0.05) is 11.6 Å². The molecule has 1 amide bonds. The van der Waals surface area contributed by atoms with Crippen LogP contribution < -0.4 is 4.90 Å². The summed E-state index contributed by atoms with van der Waals surface area (Å²) in [6.07, 6.45) is 0.856. The minimum Gasteiger partial charge on any atom is -0.376 e. The third-order valence-electron chi connectivity index (χ3n) is 3.56. The summed E-state index contributed by atoms with van der Waals surface area (Å²) >= 11 is 5.87. The van der Waals surface area contributed by atoms with E-state index in [0.29, 0.717) is 30.5 Å². The molecule has 0 aliphatic carbocycles. The van der Waals surface area contributed by atoms with E-state index in [-0.39, 0.29) is 12.5 Å². The zero-order chi connectivity index (χ0) is 14.1. The van der Waals surface area contributed by atoms with Gasteiger partial charge in [0.05, 0.1) is 25.5 Å². The second-order valence-corrected chi connectivity index (χ2v) is 5.36. The Morgan fingerprint density at radius 2 is 2.25 bits per heavy atom. The number of carbonyl (C=O) groups is 1. The summed E-state index contributed by atoms with van der Waals surface area (Å²) in [5.41, 5.74) is 1.10. The molecule has 20 heavy (non-hydrogen) atoms. The maximum atomic E-state index is 14.2. The van der Waals surface area contributed by atoms with E-state index in [4.69, 9.17) is 21.1 Å². The molecule has 0 bridgehead atoms. The van der Waals surface area contributed by atoms with Crippen molar-refractivity contribution < 1.29 is 18.7 Å². The summed E-state index contributed by atoms with van der Waals surface area (Å²) < 4.78 is 24.8. The van der Waals surface area contributed by atoms with E-state index >= 15 is 0 Å². The zero-order valence-corrected chi connectivity index (χ0v) is 11.7. The van der Waals surface area contributed by atoms with Crippen LogP contribution >= 0.6 is 11.6 Å². The molecule has 1 atom stereocenters. The Labute approximate surface area is 121 Å². The molecule has 1 saturated heterocycles. The number of anilines is 1. The zero-order valence-electron chi connectivity index (χ0n) is 10.9. The predicted octanol–water partition coefficient (Wildman–Crippen LogP) is 2.17. The Hall–Kier alpha value is -1.17. The quantitative estimate of drug-likeness (QED) is 0.798. The van der Waals surface area contributed by atoms with Crippen LogP contribution in [0.5, 0.6) is 0 Å². The smallest absolute Gasteiger partial charge is 0.258 e. The van der Waals surface area contributed by atoms with Gasteiger partial charge in [-0.3, -0.25) is 4.79 Å². The number of fused-ring (bicyclic) bond motifs is 1. The lowest BCUT2D eigenvalue weighted by Crippen LogP contribution is -2.47. The van der Waals surface area contributed by atoms with E-state index in [2.05, 4.69) is 0 Å². The largest absolute Gasteiger partial charge is 0.376 e. The van der Waals surface area contributed by atoms with Crippen LogP contribution in [0.3, 0.4) is 0 Å². The lowest BCUT2D eigenvalue weighted by atomic mass is 10.0. The highest BCUT2D eigenvalue weighted by Crippen LogP contribution is 2.33. The molecule has 2 aliphatic rings. The number of rotatable bonds is 1. The lowest BCUT2D eigenvalue weighted by molar-refractivity contribution is -0.144. The molecule has 1 aromatic carbocycles. The number of hydrogen-bond donors (Lipinski definition) is 0. The van der Waals surface area contributed by atoms with Gasteiger partial charge < -0.3 is 14.4 Å². The standard InChI is InChI=1S/C14H15ClFNO3/c15-10-6-9-2-1-3-17(13(9)11(16)7-10)14(18)12-8-19-4-5-20-12/h6-7,12H,1-5,8H2/t12-/m0/s1. The van der Waals surface area contributed by atoms with Crippen molar-refractivity contribution in [1.29, 1.82) is 0 Å². The Morgan fingerprint density at radius 1 is 1.40 bits per heavy atom. The van der Waals surface area contributed by atoms with Gasteiger partial charge in [-0.15, -0.1) is 0 Å². The van der Waals surface area contributed by atoms with Gasteiger partial charge >= 0.3 is 0 Å². The van der Waals surface area contributed by atoms with Gasteiger partial charge in [0.1, 0.15) is 5.82 Å². The summed E-state index contributed by atoms with van der Waals surface area (Å²) in [6, 6.07) is 2.96. The lowest BCUT2D eigenvalue weighted by Gasteiger charge is -2.33. The van der Waals surface area contributed by atoms with Crippen molar-refractivity contribution in [3.8, 4) is 0 Å². The van der Waals surface area contributed by atoms with Gasteiger partial charge in [-0.25, -0.2) is 4.39 Å². The number of halogens is 2. The number of aryl methyl sites for hydroxylation is 1. The van der Waals surface area contributed by atoms with Crippen molar-refractivity contribution in [3.05, 3.63) is 28.5 Å². The number of benzene rings is 1. The van der Waals surface area contributed by atoms with Crippen LogP contribution in [0.4, 0.5) is 10.1 Å². The van der Waals surface area contributed by atoms with E-state index in [1.807, 2.05) is 0 Å². The van der Waals surface area contributed by atoms with E-state index in [9.17, 15) is 9.18 Å². The molecule has 0 N–H and O–H groups in total. The van der Waals surface area contributed by atoms with Crippen molar-refractivity contribution in [2.75, 3.05) is 31.3 Å². The molecule has 2 aliphatic heterocycles. The third kappa shape index (κ3) is 2.53. The fourth-order valence-corrected chi connectivity index (χ4v) is 2.90. The predicted molar refractivity (Wildman–Crippen MR) is 72.6 cm³/mol. The summed E-state index contributed by atoms with van der Waals surface area (Å²) in [5.74, 6) is -0.704. The Bertz CT molecular complexity index is 531. The van der Waals surface area contributed by atoms with E-state index < -0.39 is 11.9 Å². The Balaban J connectivity index is 1.91. The van der Waals surface area contributed by atoms with Crippen LogP contribution in [-0.4, -0.2) is 38.4 Å². The number of nitrogens with zero attached hydrogens (tertiary/aromatic N) is 1. The van der Waals surface area contributed by atoms with Gasteiger partial charge in [0.25, 0.3) is 5.91 Å². The first-order valence-corrected chi connectivity index (χ1v) is 7.03. The average molecular weight is 300 g/mol. The number of ether oxygens (including phenoxy) is 2. The minimum atomic E-state index is -0.648. The van der Waals surface area contributed by atoms with Crippen molar-refractivity contribution >= 4 is 23.2 Å². The first kappa shape index (κ1) is 13.8. The molecule has 0 spiro atoms. The maximum absolute atomic E-state index is 14.2. The molecule has 6 heteroatoms. The average Bonchev–Trinajstić information content (AvgIpc) is 2.46.